The van der Waals surface area contributed by atoms with E-state index in [9.17, 15) is 4.79 Å². The highest BCUT2D eigenvalue weighted by Gasteiger charge is 2.13. The highest BCUT2D eigenvalue weighted by molar-refractivity contribution is 5.79. The molecule has 1 heterocycles. The summed E-state index contributed by atoms with van der Waals surface area (Å²) >= 11 is 0. The topological polar surface area (TPSA) is 67.1 Å². The van der Waals surface area contributed by atoms with Gasteiger partial charge >= 0.3 is 0 Å². The Kier molecular flexibility index (Phi) is 5.57. The van der Waals surface area contributed by atoms with Crippen LogP contribution in [0.4, 0.5) is 0 Å². The van der Waals surface area contributed by atoms with Gasteiger partial charge in [-0.3, -0.25) is 4.79 Å². The first-order valence-electron chi connectivity index (χ1n) is 9.30. The number of hydrogen-bond acceptors (Lipinski definition) is 6. The molecule has 6 heteroatoms. The maximum atomic E-state index is 12.8. The fourth-order valence-electron chi connectivity index (χ4n) is 3.06. The molecule has 0 bridgehead atoms. The molecule has 0 spiro atoms. The summed E-state index contributed by atoms with van der Waals surface area (Å²) in [7, 11) is 3.16. The molecule has 6 nitrogen and oxygen atoms in total. The first-order valence-corrected chi connectivity index (χ1v) is 9.30. The van der Waals surface area contributed by atoms with E-state index >= 15 is 0 Å². The molecule has 4 rings (SSSR count). The van der Waals surface area contributed by atoms with Crippen molar-refractivity contribution >= 4 is 11.0 Å². The van der Waals surface area contributed by atoms with Crippen molar-refractivity contribution in [1.82, 2.24) is 0 Å². The van der Waals surface area contributed by atoms with Gasteiger partial charge in [-0.1, -0.05) is 30.3 Å². The molecule has 0 aliphatic rings. The van der Waals surface area contributed by atoms with Gasteiger partial charge in [0, 0.05) is 11.6 Å². The number of hydrogen-bond donors (Lipinski definition) is 0. The lowest BCUT2D eigenvalue weighted by Gasteiger charge is -2.11. The van der Waals surface area contributed by atoms with Crippen LogP contribution in [0, 0.1) is 0 Å². The van der Waals surface area contributed by atoms with Crippen molar-refractivity contribution in [3.63, 3.8) is 0 Å². The van der Waals surface area contributed by atoms with E-state index < -0.39 is 0 Å². The normalized spacial score (nSPS) is 10.6. The Morgan fingerprint density at radius 2 is 1.50 bits per heavy atom. The van der Waals surface area contributed by atoms with Gasteiger partial charge in [-0.05, 0) is 30.3 Å². The minimum atomic E-state index is -0.279. The van der Waals surface area contributed by atoms with E-state index in [0.29, 0.717) is 34.8 Å². The lowest BCUT2D eigenvalue weighted by atomic mass is 10.2. The molecule has 152 valence electrons. The third kappa shape index (κ3) is 3.93. The quantitative estimate of drug-likeness (QED) is 0.423. The van der Waals surface area contributed by atoms with Gasteiger partial charge in [0.1, 0.15) is 30.0 Å². The Morgan fingerprint density at radius 3 is 2.27 bits per heavy atom. The number of para-hydroxylation sites is 3. The molecule has 0 N–H and O–H groups in total. The molecule has 3 aromatic carbocycles. The van der Waals surface area contributed by atoms with Crippen molar-refractivity contribution in [1.29, 1.82) is 0 Å². The van der Waals surface area contributed by atoms with Crippen molar-refractivity contribution in [3.8, 4) is 28.7 Å². The van der Waals surface area contributed by atoms with E-state index in [1.807, 2.05) is 30.3 Å². The van der Waals surface area contributed by atoms with E-state index in [0.717, 1.165) is 11.3 Å². The Labute approximate surface area is 173 Å². The highest BCUT2D eigenvalue weighted by atomic mass is 16.5. The van der Waals surface area contributed by atoms with Gasteiger partial charge in [0.25, 0.3) is 0 Å². The van der Waals surface area contributed by atoms with Crippen LogP contribution in [0.5, 0.6) is 28.7 Å². The van der Waals surface area contributed by atoms with Crippen LogP contribution in [0.3, 0.4) is 0 Å². The molecule has 4 aromatic rings. The summed E-state index contributed by atoms with van der Waals surface area (Å²) in [4.78, 5) is 12.8. The first-order chi connectivity index (χ1) is 14.7. The number of methoxy groups -OCH3 is 2. The van der Waals surface area contributed by atoms with E-state index in [4.69, 9.17) is 23.4 Å². The smallest absolute Gasteiger partial charge is 0.235 e. The predicted molar refractivity (Wildman–Crippen MR) is 113 cm³/mol. The van der Waals surface area contributed by atoms with Crippen molar-refractivity contribution < 1.29 is 23.4 Å². The zero-order valence-electron chi connectivity index (χ0n) is 16.6. The van der Waals surface area contributed by atoms with E-state index in [1.165, 1.54) is 13.4 Å². The van der Waals surface area contributed by atoms with Crippen LogP contribution in [0.1, 0.15) is 5.56 Å². The van der Waals surface area contributed by atoms with Gasteiger partial charge in [-0.2, -0.15) is 0 Å². The summed E-state index contributed by atoms with van der Waals surface area (Å²) in [5, 5.41) is 0.395. The highest BCUT2D eigenvalue weighted by Crippen LogP contribution is 2.31. The van der Waals surface area contributed by atoms with Crippen molar-refractivity contribution in [2.45, 2.75) is 6.61 Å². The molecule has 0 unspecified atom stereocenters. The standard InChI is InChI=1S/C24H20O6/c1-26-19-8-4-3-7-16(19)14-28-17-11-12-18-22(13-17)29-15-23(24(18)25)30-21-10-6-5-9-20(21)27-2/h3-13,15H,14H2,1-2H3. The van der Waals surface area contributed by atoms with Gasteiger partial charge < -0.3 is 23.4 Å². The van der Waals surface area contributed by atoms with Crippen LogP contribution in [0.15, 0.2) is 82.2 Å². The average molecular weight is 404 g/mol. The molecule has 1 aromatic heterocycles. The van der Waals surface area contributed by atoms with Gasteiger partial charge in [-0.15, -0.1) is 0 Å². The largest absolute Gasteiger partial charge is 0.496 e. The van der Waals surface area contributed by atoms with Crippen LogP contribution in [0.2, 0.25) is 0 Å². The molecule has 0 atom stereocenters. The van der Waals surface area contributed by atoms with Crippen molar-refractivity contribution in [2.75, 3.05) is 14.2 Å². The zero-order valence-corrected chi connectivity index (χ0v) is 16.6. The molecular formula is C24H20O6. The van der Waals surface area contributed by atoms with E-state index in [1.54, 1.807) is 43.5 Å². The molecular weight excluding hydrogens is 384 g/mol. The lowest BCUT2D eigenvalue weighted by molar-refractivity contribution is 0.296. The third-order valence-corrected chi connectivity index (χ3v) is 4.59. The summed E-state index contributed by atoms with van der Waals surface area (Å²) in [6, 6.07) is 19.8. The van der Waals surface area contributed by atoms with Crippen LogP contribution >= 0.6 is 0 Å². The second-order valence-corrected chi connectivity index (χ2v) is 6.44. The Balaban J connectivity index is 1.57. The minimum absolute atomic E-state index is 0.0784. The number of fused-ring (bicyclic) bond motifs is 1. The minimum Gasteiger partial charge on any atom is -0.496 e. The Hall–Kier alpha value is -3.93. The summed E-state index contributed by atoms with van der Waals surface area (Å²) in [6.45, 7) is 0.328. The average Bonchev–Trinajstić information content (AvgIpc) is 2.80. The lowest BCUT2D eigenvalue weighted by Crippen LogP contribution is -2.05. The second kappa shape index (κ2) is 8.61. The predicted octanol–water partition coefficient (Wildman–Crippen LogP) is 5.18. The van der Waals surface area contributed by atoms with Crippen molar-refractivity contribution in [2.24, 2.45) is 0 Å². The SMILES string of the molecule is COc1ccccc1COc1ccc2c(=O)c(Oc3ccccc3OC)coc2c1. The zero-order chi connectivity index (χ0) is 20.9. The maximum absolute atomic E-state index is 12.8. The summed E-state index contributed by atoms with van der Waals surface area (Å²) in [5.41, 5.74) is 1.05. The van der Waals surface area contributed by atoms with Crippen LogP contribution in [0.25, 0.3) is 11.0 Å². The third-order valence-electron chi connectivity index (χ3n) is 4.59. The van der Waals surface area contributed by atoms with Gasteiger partial charge in [0.2, 0.25) is 11.2 Å². The first kappa shape index (κ1) is 19.4. The number of benzene rings is 3. The summed E-state index contributed by atoms with van der Waals surface area (Å²) < 4.78 is 27.8. The molecule has 0 aliphatic carbocycles. The van der Waals surface area contributed by atoms with Gasteiger partial charge in [0.15, 0.2) is 11.5 Å². The van der Waals surface area contributed by atoms with Crippen LogP contribution in [-0.2, 0) is 6.61 Å². The monoisotopic (exact) mass is 404 g/mol. The Morgan fingerprint density at radius 1 is 0.800 bits per heavy atom. The molecule has 0 radical (unpaired) electrons. The summed E-state index contributed by atoms with van der Waals surface area (Å²) in [5.74, 6) is 2.37. The fraction of sp³-hybridized carbons (Fsp3) is 0.125. The van der Waals surface area contributed by atoms with E-state index in [-0.39, 0.29) is 11.2 Å². The van der Waals surface area contributed by atoms with Crippen LogP contribution in [-0.4, -0.2) is 14.2 Å². The second-order valence-electron chi connectivity index (χ2n) is 6.44. The number of ether oxygens (including phenoxy) is 4. The molecule has 0 amide bonds. The molecule has 30 heavy (non-hydrogen) atoms. The van der Waals surface area contributed by atoms with Crippen molar-refractivity contribution in [3.05, 3.63) is 88.8 Å². The fourth-order valence-corrected chi connectivity index (χ4v) is 3.06. The number of rotatable bonds is 7. The van der Waals surface area contributed by atoms with Gasteiger partial charge in [-0.25, -0.2) is 0 Å². The Bertz CT molecular complexity index is 1230. The molecule has 0 fully saturated rings. The van der Waals surface area contributed by atoms with Gasteiger partial charge in [0.05, 0.1) is 19.6 Å². The van der Waals surface area contributed by atoms with Crippen LogP contribution < -0.4 is 24.4 Å². The molecule has 0 saturated heterocycles. The van der Waals surface area contributed by atoms with E-state index in [2.05, 4.69) is 0 Å². The molecule has 0 aliphatic heterocycles. The summed E-state index contributed by atoms with van der Waals surface area (Å²) in [6.07, 6.45) is 1.29. The maximum Gasteiger partial charge on any atom is 0.235 e. The molecule has 0 saturated carbocycles.